The van der Waals surface area contributed by atoms with E-state index in [9.17, 15) is 18.4 Å². The van der Waals surface area contributed by atoms with Crippen molar-refractivity contribution in [2.45, 2.75) is 66.1 Å². The number of benzene rings is 2. The number of carbonyl (C=O) groups is 2. The molecule has 1 atom stereocenters. The van der Waals surface area contributed by atoms with Crippen molar-refractivity contribution in [3.63, 3.8) is 0 Å². The van der Waals surface area contributed by atoms with Gasteiger partial charge in [-0.3, -0.25) is 9.59 Å². The molecular formula is C34H48F2N4O3S. The molecule has 0 aliphatic heterocycles. The Kier molecular flexibility index (Phi) is 15.1. The molecule has 2 aromatic carbocycles. The van der Waals surface area contributed by atoms with E-state index in [1.54, 1.807) is 0 Å². The summed E-state index contributed by atoms with van der Waals surface area (Å²) in [7, 11) is 1.00. The average Bonchev–Trinajstić information content (AvgIpc) is 3.37. The number of nitrogens with two attached hydrogens (primary N) is 1. The minimum atomic E-state index is -0.519. The molecule has 1 heterocycles. The van der Waals surface area contributed by atoms with E-state index < -0.39 is 17.0 Å². The molecule has 0 radical (unpaired) electrons. The number of hydrogen-bond acceptors (Lipinski definition) is 5. The predicted octanol–water partition coefficient (Wildman–Crippen LogP) is 6.00. The van der Waals surface area contributed by atoms with E-state index in [0.717, 1.165) is 30.5 Å². The van der Waals surface area contributed by atoms with E-state index in [4.69, 9.17) is 10.8 Å². The molecule has 10 heteroatoms. The summed E-state index contributed by atoms with van der Waals surface area (Å²) in [6.07, 6.45) is 2.79. The number of amides is 2. The molecule has 0 aliphatic carbocycles. The zero-order valence-electron chi connectivity index (χ0n) is 26.8. The van der Waals surface area contributed by atoms with E-state index >= 15 is 0 Å². The number of rotatable bonds is 14. The normalized spacial score (nSPS) is 12.0. The molecule has 4 N–H and O–H groups in total. The first kappa shape index (κ1) is 37.0. The number of aliphatic hydroxyl groups excluding tert-OH is 1. The summed E-state index contributed by atoms with van der Waals surface area (Å²) in [6.45, 7) is 11.4. The maximum absolute atomic E-state index is 14.9. The lowest BCUT2D eigenvalue weighted by Crippen LogP contribution is -2.44. The zero-order valence-corrected chi connectivity index (χ0v) is 27.6. The van der Waals surface area contributed by atoms with Gasteiger partial charge in [0.15, 0.2) is 0 Å². The van der Waals surface area contributed by atoms with Crippen molar-refractivity contribution in [3.8, 4) is 11.1 Å². The molecule has 0 saturated carbocycles. The minimum absolute atomic E-state index is 0.0339. The molecule has 1 unspecified atom stereocenters. The molecule has 3 rings (SSSR count). The Bertz CT molecular complexity index is 1330. The summed E-state index contributed by atoms with van der Waals surface area (Å²) < 4.78 is 31.2. The molecule has 0 saturated heterocycles. The first-order chi connectivity index (χ1) is 20.9. The van der Waals surface area contributed by atoms with Crippen LogP contribution in [0, 0.1) is 17.0 Å². The quantitative estimate of drug-likeness (QED) is 0.190. The Morgan fingerprint density at radius 1 is 1.07 bits per heavy atom. The summed E-state index contributed by atoms with van der Waals surface area (Å²) in [5.74, 6) is -0.368. The van der Waals surface area contributed by atoms with Crippen LogP contribution in [0.1, 0.15) is 64.8 Å². The smallest absolute Gasteiger partial charge is 0.233 e. The number of hydrogen-bond donors (Lipinski definition) is 3. The van der Waals surface area contributed by atoms with Gasteiger partial charge < -0.3 is 25.6 Å². The maximum Gasteiger partial charge on any atom is 0.233 e. The fourth-order valence-corrected chi connectivity index (χ4v) is 5.89. The third kappa shape index (κ3) is 11.1. The maximum atomic E-state index is 14.9. The zero-order chi connectivity index (χ0) is 32.9. The Morgan fingerprint density at radius 2 is 1.75 bits per heavy atom. The summed E-state index contributed by atoms with van der Waals surface area (Å²) >= 11 is 1.43. The molecule has 2 amide bonds. The van der Waals surface area contributed by atoms with Gasteiger partial charge in [-0.15, -0.1) is 0 Å². The van der Waals surface area contributed by atoms with Crippen LogP contribution in [-0.4, -0.2) is 64.1 Å². The van der Waals surface area contributed by atoms with Gasteiger partial charge in [-0.25, -0.2) is 8.78 Å². The van der Waals surface area contributed by atoms with Crippen molar-refractivity contribution in [3.05, 3.63) is 83.7 Å². The second-order valence-electron chi connectivity index (χ2n) is 11.9. The van der Waals surface area contributed by atoms with E-state index in [1.807, 2.05) is 65.9 Å². The number of nitrogens with zero attached hydrogens (tertiary/aromatic N) is 2. The first-order valence-corrected chi connectivity index (χ1v) is 16.1. The number of carbonyl (C=O) groups excluding carboxylic acids is 2. The lowest BCUT2D eigenvalue weighted by atomic mass is 9.83. The molecule has 0 fully saturated rings. The SMILES string of the molecule is CC(C)NC(=O)CCSCC(=O)N(CCCN)C(c1cc(-c2cc(F)ccc2F)cn1Cc1ccccc1)C(C)(C)C.CO. The van der Waals surface area contributed by atoms with Crippen LogP contribution in [-0.2, 0) is 16.1 Å². The lowest BCUT2D eigenvalue weighted by molar-refractivity contribution is -0.133. The van der Waals surface area contributed by atoms with E-state index in [2.05, 4.69) is 26.1 Å². The molecule has 1 aromatic heterocycles. The highest BCUT2D eigenvalue weighted by Crippen LogP contribution is 2.41. The van der Waals surface area contributed by atoms with Gasteiger partial charge in [0.2, 0.25) is 11.8 Å². The van der Waals surface area contributed by atoms with Crippen LogP contribution in [0.5, 0.6) is 0 Å². The van der Waals surface area contributed by atoms with Crippen molar-refractivity contribution >= 4 is 23.6 Å². The lowest BCUT2D eigenvalue weighted by Gasteiger charge is -2.41. The van der Waals surface area contributed by atoms with Crippen LogP contribution in [0.4, 0.5) is 8.78 Å². The van der Waals surface area contributed by atoms with Gasteiger partial charge in [0, 0.05) is 61.4 Å². The van der Waals surface area contributed by atoms with Gasteiger partial charge >= 0.3 is 0 Å². The second kappa shape index (κ2) is 17.9. The predicted molar refractivity (Wildman–Crippen MR) is 176 cm³/mol. The molecule has 7 nitrogen and oxygen atoms in total. The second-order valence-corrected chi connectivity index (χ2v) is 13.0. The van der Waals surface area contributed by atoms with Crippen molar-refractivity contribution in [1.29, 1.82) is 0 Å². The Labute approximate surface area is 265 Å². The Morgan fingerprint density at radius 3 is 2.36 bits per heavy atom. The van der Waals surface area contributed by atoms with E-state index in [1.165, 1.54) is 17.8 Å². The molecular weight excluding hydrogens is 582 g/mol. The topological polar surface area (TPSA) is 101 Å². The van der Waals surface area contributed by atoms with Gasteiger partial charge in [0.05, 0.1) is 11.8 Å². The van der Waals surface area contributed by atoms with Crippen LogP contribution < -0.4 is 11.1 Å². The highest BCUT2D eigenvalue weighted by molar-refractivity contribution is 7.99. The molecule has 44 heavy (non-hydrogen) atoms. The minimum Gasteiger partial charge on any atom is -0.400 e. The molecule has 0 bridgehead atoms. The Hall–Kier alpha value is -3.21. The number of thioether (sulfide) groups is 1. The third-order valence-electron chi connectivity index (χ3n) is 6.85. The van der Waals surface area contributed by atoms with Crippen LogP contribution in [0.25, 0.3) is 11.1 Å². The number of aliphatic hydroxyl groups is 1. The van der Waals surface area contributed by atoms with Gasteiger partial charge in [-0.2, -0.15) is 11.8 Å². The van der Waals surface area contributed by atoms with E-state index in [0.29, 0.717) is 43.8 Å². The van der Waals surface area contributed by atoms with Gasteiger partial charge in [0.25, 0.3) is 0 Å². The fourth-order valence-electron chi connectivity index (χ4n) is 5.07. The molecule has 3 aromatic rings. The number of nitrogens with one attached hydrogen (secondary N) is 1. The van der Waals surface area contributed by atoms with Gasteiger partial charge in [-0.1, -0.05) is 51.1 Å². The first-order valence-electron chi connectivity index (χ1n) is 14.9. The highest BCUT2D eigenvalue weighted by Gasteiger charge is 2.37. The van der Waals surface area contributed by atoms with Crippen molar-refractivity contribution in [2.24, 2.45) is 11.1 Å². The average molecular weight is 631 g/mol. The van der Waals surface area contributed by atoms with Crippen LogP contribution in [0.2, 0.25) is 0 Å². The van der Waals surface area contributed by atoms with Crippen molar-refractivity contribution in [2.75, 3.05) is 31.7 Å². The van der Waals surface area contributed by atoms with Crippen LogP contribution in [0.15, 0.2) is 60.8 Å². The molecule has 0 aliphatic rings. The molecule has 242 valence electrons. The summed E-state index contributed by atoms with van der Waals surface area (Å²) in [5.41, 5.74) is 8.08. The standard InChI is InChI=1S/C33H44F2N4O2S.CH4O/c1-23(2)37-30(40)14-17-42-22-31(41)39(16-9-15-36)32(33(3,4)5)29-18-25(27-19-26(34)12-13-28(27)35)21-38(29)20-24-10-7-6-8-11-24;1-2/h6-8,10-13,18-19,21,23,32H,9,14-17,20,22,36H2,1-5H3,(H,37,40);2H,1H3. The third-order valence-corrected chi connectivity index (χ3v) is 7.79. The van der Waals surface area contributed by atoms with Crippen molar-refractivity contribution in [1.82, 2.24) is 14.8 Å². The summed E-state index contributed by atoms with van der Waals surface area (Å²) in [6, 6.07) is 14.9. The monoisotopic (exact) mass is 630 g/mol. The summed E-state index contributed by atoms with van der Waals surface area (Å²) in [5, 5.41) is 9.88. The number of halogens is 2. The van der Waals surface area contributed by atoms with Crippen LogP contribution in [0.3, 0.4) is 0 Å². The molecule has 0 spiro atoms. The largest absolute Gasteiger partial charge is 0.400 e. The fraction of sp³-hybridized carbons (Fsp3) is 0.471. The highest BCUT2D eigenvalue weighted by atomic mass is 32.2. The van der Waals surface area contributed by atoms with E-state index in [-0.39, 0.29) is 35.2 Å². The van der Waals surface area contributed by atoms with Gasteiger partial charge in [0.1, 0.15) is 11.6 Å². The van der Waals surface area contributed by atoms with Crippen LogP contribution >= 0.6 is 11.8 Å². The Balaban J connectivity index is 0.00000330. The number of aromatic nitrogens is 1. The van der Waals surface area contributed by atoms with Gasteiger partial charge in [-0.05, 0) is 62.1 Å². The summed E-state index contributed by atoms with van der Waals surface area (Å²) in [4.78, 5) is 27.8. The van der Waals surface area contributed by atoms with Crippen molar-refractivity contribution < 1.29 is 23.5 Å².